The van der Waals surface area contributed by atoms with Crippen LogP contribution < -0.4 is 15.4 Å². The maximum absolute atomic E-state index is 14.1. The number of rotatable bonds is 10. The van der Waals surface area contributed by atoms with E-state index in [9.17, 15) is 14.0 Å². The molecule has 212 valence electrons. The molecular weight excluding hydrogens is 511 g/mol. The molecule has 0 unspecified atom stereocenters. The number of benzene rings is 2. The number of likely N-dealkylation sites (tertiary alicyclic amines) is 1. The lowest BCUT2D eigenvalue weighted by Crippen LogP contribution is -2.30. The Morgan fingerprint density at radius 3 is 2.75 bits per heavy atom. The summed E-state index contributed by atoms with van der Waals surface area (Å²) >= 11 is 0. The molecule has 2 N–H and O–H groups in total. The number of imidazole rings is 1. The number of halogens is 1. The topological polar surface area (TPSA) is 101 Å². The first kappa shape index (κ1) is 27.1. The van der Waals surface area contributed by atoms with Crippen molar-refractivity contribution in [3.05, 3.63) is 71.8 Å². The average Bonchev–Trinajstić information content (AvgIpc) is 3.49. The molecule has 40 heavy (non-hydrogen) atoms. The van der Waals surface area contributed by atoms with E-state index in [0.29, 0.717) is 48.9 Å². The van der Waals surface area contributed by atoms with Crippen LogP contribution in [-0.2, 0) is 11.8 Å². The van der Waals surface area contributed by atoms with Crippen molar-refractivity contribution in [1.82, 2.24) is 24.8 Å². The Kier molecular flexibility index (Phi) is 7.95. The van der Waals surface area contributed by atoms with Gasteiger partial charge in [0.2, 0.25) is 11.9 Å². The summed E-state index contributed by atoms with van der Waals surface area (Å²) in [6, 6.07) is 13.8. The average molecular weight is 549 g/mol. The number of carbonyl (C=O) groups is 2. The molecule has 1 aliphatic heterocycles. The van der Waals surface area contributed by atoms with Gasteiger partial charge < -0.3 is 24.8 Å². The van der Waals surface area contributed by atoms with Crippen molar-refractivity contribution < 1.29 is 21.6 Å². The molecule has 2 amide bonds. The van der Waals surface area contributed by atoms with Gasteiger partial charge in [0.25, 0.3) is 5.91 Å². The van der Waals surface area contributed by atoms with Gasteiger partial charge in [-0.3, -0.25) is 14.6 Å². The Hall–Kier alpha value is -4.47. The minimum Gasteiger partial charge on any atom is -0.457 e. The first-order valence-corrected chi connectivity index (χ1v) is 13.5. The normalized spacial score (nSPS) is 13.3. The monoisotopic (exact) mass is 548 g/mol. The molecule has 3 heterocycles. The third-order valence-electron chi connectivity index (χ3n) is 6.99. The lowest BCUT2D eigenvalue weighted by molar-refractivity contribution is -0.127. The second-order valence-electron chi connectivity index (χ2n) is 10.2. The predicted molar refractivity (Wildman–Crippen MR) is 156 cm³/mol. The van der Waals surface area contributed by atoms with Gasteiger partial charge in [-0.2, -0.15) is 0 Å². The first-order valence-electron chi connectivity index (χ1n) is 13.5. The van der Waals surface area contributed by atoms with E-state index >= 15 is 0 Å². The zero-order valence-corrected chi connectivity index (χ0v) is 22.9. The van der Waals surface area contributed by atoms with Gasteiger partial charge >= 0.3 is 0 Å². The van der Waals surface area contributed by atoms with Gasteiger partial charge in [-0.15, -0.1) is 0 Å². The fourth-order valence-corrected chi connectivity index (χ4v) is 4.79. The number of pyridine rings is 1. The molecule has 9 nitrogen and oxygen atoms in total. The van der Waals surface area contributed by atoms with Gasteiger partial charge in [0, 0.05) is 60.0 Å². The number of ether oxygens (including phenoxy) is 1. The zero-order chi connectivity index (χ0) is 28.2. The van der Waals surface area contributed by atoms with Crippen LogP contribution in [0.3, 0.4) is 0 Å². The molecule has 1 fully saturated rings. The Labute approximate surface area is 235 Å². The lowest BCUT2D eigenvalue weighted by Gasteiger charge is -2.15. The maximum Gasteiger partial charge on any atom is 0.270 e. The van der Waals surface area contributed by atoms with Crippen LogP contribution >= 0.6 is 0 Å². The number of carbonyl (C=O) groups excluding carboxylic acids is 2. The molecule has 10 heteroatoms. The lowest BCUT2D eigenvalue weighted by atomic mass is 10.0. The van der Waals surface area contributed by atoms with E-state index in [2.05, 4.69) is 15.6 Å². The highest BCUT2D eigenvalue weighted by Gasteiger charge is 2.19. The minimum atomic E-state index is -0.296. The van der Waals surface area contributed by atoms with Gasteiger partial charge in [-0.25, -0.2) is 9.37 Å². The van der Waals surface area contributed by atoms with E-state index in [1.54, 1.807) is 24.3 Å². The number of amides is 2. The SMILES string of the molecule is CC(C)c1cc(Nc2nc3cc(Oc4ccnc(C(=O)NCCCN5CCCC5=O)c4)ccc3n2C)ccc1F.[HH].[HH]. The third-order valence-corrected chi connectivity index (χ3v) is 6.99. The number of fused-ring (bicyclic) bond motifs is 1. The number of hydrogen-bond donors (Lipinski definition) is 2. The van der Waals surface area contributed by atoms with Crippen LogP contribution in [0.4, 0.5) is 16.0 Å². The summed E-state index contributed by atoms with van der Waals surface area (Å²) in [5.41, 5.74) is 3.26. The highest BCUT2D eigenvalue weighted by molar-refractivity contribution is 5.92. The van der Waals surface area contributed by atoms with E-state index in [-0.39, 0.29) is 32.1 Å². The molecule has 0 saturated carbocycles. The smallest absolute Gasteiger partial charge is 0.270 e. The van der Waals surface area contributed by atoms with Crippen molar-refractivity contribution in [1.29, 1.82) is 0 Å². The summed E-state index contributed by atoms with van der Waals surface area (Å²) in [6.45, 7) is 5.81. The van der Waals surface area contributed by atoms with Crippen molar-refractivity contribution >= 4 is 34.5 Å². The Morgan fingerprint density at radius 1 is 1.15 bits per heavy atom. The molecule has 0 spiro atoms. The van der Waals surface area contributed by atoms with Gasteiger partial charge in [0.1, 0.15) is 23.0 Å². The highest BCUT2D eigenvalue weighted by Crippen LogP contribution is 2.29. The van der Waals surface area contributed by atoms with Crippen LogP contribution in [0.2, 0.25) is 0 Å². The molecule has 1 aliphatic rings. The summed E-state index contributed by atoms with van der Waals surface area (Å²) in [4.78, 5) is 35.0. The van der Waals surface area contributed by atoms with Crippen LogP contribution in [0.15, 0.2) is 54.7 Å². The molecule has 5 rings (SSSR count). The van der Waals surface area contributed by atoms with Crippen molar-refractivity contribution in [2.45, 2.75) is 39.0 Å². The molecule has 0 bridgehead atoms. The van der Waals surface area contributed by atoms with Crippen LogP contribution in [0.25, 0.3) is 11.0 Å². The van der Waals surface area contributed by atoms with Crippen molar-refractivity contribution in [2.24, 2.45) is 7.05 Å². The molecular formula is C30H37FN6O3. The van der Waals surface area contributed by atoms with E-state index in [1.807, 2.05) is 48.6 Å². The Bertz CT molecular complexity index is 1560. The fraction of sp³-hybridized carbons (Fsp3) is 0.333. The summed E-state index contributed by atoms with van der Waals surface area (Å²) in [5.74, 6) is 1.38. The van der Waals surface area contributed by atoms with E-state index in [1.165, 1.54) is 12.3 Å². The maximum atomic E-state index is 14.1. The molecule has 1 saturated heterocycles. The van der Waals surface area contributed by atoms with Gasteiger partial charge in [-0.1, -0.05) is 13.8 Å². The van der Waals surface area contributed by atoms with Gasteiger partial charge in [0.15, 0.2) is 0 Å². The Balaban J connectivity index is 0.00000242. The van der Waals surface area contributed by atoms with E-state index in [0.717, 1.165) is 29.7 Å². The largest absolute Gasteiger partial charge is 0.457 e. The third kappa shape index (κ3) is 6.06. The highest BCUT2D eigenvalue weighted by atomic mass is 19.1. The quantitative estimate of drug-likeness (QED) is 0.236. The number of hydrogen-bond acceptors (Lipinski definition) is 6. The zero-order valence-electron chi connectivity index (χ0n) is 22.9. The number of anilines is 2. The number of aromatic nitrogens is 3. The standard InChI is InChI=1S/C30H33FN6O3.2H2/c1-19(2)23-16-20(7-9-24(23)31)34-30-35-25-17-21(8-10-27(25)36(30)3)40-22-11-13-32-26(18-22)29(39)33-12-5-15-37-14-4-6-28(37)38;;/h7-11,13,16-19H,4-6,12,14-15H2,1-3H3,(H,33,39)(H,34,35);2*1H. The summed E-state index contributed by atoms with van der Waals surface area (Å²) in [5, 5.41) is 6.14. The number of nitrogens with one attached hydrogen (secondary N) is 2. The molecule has 2 aromatic carbocycles. The predicted octanol–water partition coefficient (Wildman–Crippen LogP) is 6.00. The van der Waals surface area contributed by atoms with E-state index < -0.39 is 0 Å². The van der Waals surface area contributed by atoms with Crippen LogP contribution in [0.1, 0.15) is 57.9 Å². The van der Waals surface area contributed by atoms with Crippen molar-refractivity contribution in [2.75, 3.05) is 25.0 Å². The number of aryl methyl sites for hydroxylation is 1. The number of nitrogens with zero attached hydrogens (tertiary/aromatic N) is 4. The van der Waals surface area contributed by atoms with Gasteiger partial charge in [0.05, 0.1) is 11.0 Å². The van der Waals surface area contributed by atoms with Gasteiger partial charge in [-0.05, 0) is 60.7 Å². The summed E-state index contributed by atoms with van der Waals surface area (Å²) in [6.07, 6.45) is 3.74. The first-order chi connectivity index (χ1) is 19.3. The molecule has 4 aromatic rings. The van der Waals surface area contributed by atoms with Crippen LogP contribution in [0.5, 0.6) is 11.5 Å². The molecule has 0 atom stereocenters. The van der Waals surface area contributed by atoms with Crippen LogP contribution in [-0.4, -0.2) is 50.9 Å². The molecule has 0 aliphatic carbocycles. The summed E-state index contributed by atoms with van der Waals surface area (Å²) in [7, 11) is 1.90. The minimum absolute atomic E-state index is 0. The molecule has 2 aromatic heterocycles. The van der Waals surface area contributed by atoms with Crippen LogP contribution in [0, 0.1) is 5.82 Å². The van der Waals surface area contributed by atoms with E-state index in [4.69, 9.17) is 9.72 Å². The van der Waals surface area contributed by atoms with Crippen molar-refractivity contribution in [3.63, 3.8) is 0 Å². The second kappa shape index (κ2) is 11.7. The Morgan fingerprint density at radius 2 is 1.98 bits per heavy atom. The molecule has 0 radical (unpaired) electrons. The van der Waals surface area contributed by atoms with Crippen molar-refractivity contribution in [3.8, 4) is 11.5 Å². The fourth-order valence-electron chi connectivity index (χ4n) is 4.79. The summed E-state index contributed by atoms with van der Waals surface area (Å²) < 4.78 is 22.1. The second-order valence-corrected chi connectivity index (χ2v) is 10.2.